The number of hydrogen-bond donors (Lipinski definition) is 2. The van der Waals surface area contributed by atoms with Gasteiger partial charge in [-0.2, -0.15) is 0 Å². The first-order valence-corrected chi connectivity index (χ1v) is 12.7. The fourth-order valence-corrected chi connectivity index (χ4v) is 5.29. The second-order valence-corrected chi connectivity index (χ2v) is 10.0. The van der Waals surface area contributed by atoms with Crippen molar-refractivity contribution < 1.29 is 23.7 Å². The molecule has 37 heavy (non-hydrogen) atoms. The lowest BCUT2D eigenvalue weighted by molar-refractivity contribution is 0.165. The van der Waals surface area contributed by atoms with Crippen LogP contribution in [0.25, 0.3) is 22.2 Å². The lowest BCUT2D eigenvalue weighted by Crippen LogP contribution is -2.35. The van der Waals surface area contributed by atoms with Crippen LogP contribution in [0.2, 0.25) is 0 Å². The number of aromatic nitrogens is 1. The number of ether oxygens (including phenoxy) is 1. The van der Waals surface area contributed by atoms with Crippen molar-refractivity contribution in [1.29, 1.82) is 0 Å². The van der Waals surface area contributed by atoms with E-state index in [1.54, 1.807) is 18.2 Å². The lowest BCUT2D eigenvalue weighted by atomic mass is 10.1. The van der Waals surface area contributed by atoms with Gasteiger partial charge in [-0.05, 0) is 86.5 Å². The van der Waals surface area contributed by atoms with Gasteiger partial charge in [0.2, 0.25) is 0 Å². The minimum Gasteiger partial charge on any atom is -0.508 e. The smallest absolute Gasteiger partial charge is 0.165 e. The molecule has 0 amide bonds. The number of nitrogens with zero attached hydrogens (tertiary/aromatic N) is 2. The molecule has 2 heterocycles. The van der Waals surface area contributed by atoms with E-state index in [4.69, 9.17) is 4.74 Å². The maximum Gasteiger partial charge on any atom is 0.165 e. The Bertz CT molecular complexity index is 1400. The monoisotopic (exact) mass is 506 g/mol. The molecule has 1 fully saturated rings. The maximum absolute atomic E-state index is 14.3. The molecule has 1 saturated heterocycles. The second kappa shape index (κ2) is 10.4. The molecule has 1 aliphatic heterocycles. The summed E-state index contributed by atoms with van der Waals surface area (Å²) < 4.78 is 35.3. The van der Waals surface area contributed by atoms with E-state index in [0.717, 1.165) is 53.0 Å². The van der Waals surface area contributed by atoms with E-state index in [-0.39, 0.29) is 24.4 Å². The molecule has 194 valence electrons. The lowest BCUT2D eigenvalue weighted by Gasteiger charge is -2.24. The highest BCUT2D eigenvalue weighted by molar-refractivity contribution is 5.92. The number of rotatable bonds is 8. The summed E-state index contributed by atoms with van der Waals surface area (Å²) in [5, 5.41) is 20.6. The molecule has 4 aromatic rings. The molecule has 7 heteroatoms. The van der Waals surface area contributed by atoms with Crippen LogP contribution in [0.4, 0.5) is 8.78 Å². The zero-order valence-electron chi connectivity index (χ0n) is 21.1. The summed E-state index contributed by atoms with van der Waals surface area (Å²) in [7, 11) is 0. The number of alkyl halides is 1. The number of phenols is 2. The van der Waals surface area contributed by atoms with E-state index in [9.17, 15) is 19.0 Å². The Morgan fingerprint density at radius 3 is 2.54 bits per heavy atom. The highest BCUT2D eigenvalue weighted by Crippen LogP contribution is 2.37. The topological polar surface area (TPSA) is 57.9 Å². The van der Waals surface area contributed by atoms with Crippen LogP contribution >= 0.6 is 0 Å². The van der Waals surface area contributed by atoms with Crippen LogP contribution in [0.1, 0.15) is 24.5 Å². The number of likely N-dealkylation sites (tertiary alicyclic amines) is 1. The number of fused-ring (bicyclic) bond motifs is 1. The Morgan fingerprint density at radius 1 is 1.05 bits per heavy atom. The van der Waals surface area contributed by atoms with E-state index in [1.165, 1.54) is 12.1 Å². The van der Waals surface area contributed by atoms with Crippen LogP contribution in [0.3, 0.4) is 0 Å². The molecule has 2 atom stereocenters. The Labute approximate surface area is 215 Å². The average Bonchev–Trinajstić information content (AvgIpc) is 3.48. The fourth-order valence-electron chi connectivity index (χ4n) is 5.29. The Balaban J connectivity index is 1.37. The largest absolute Gasteiger partial charge is 0.508 e. The van der Waals surface area contributed by atoms with Crippen molar-refractivity contribution in [3.8, 4) is 28.5 Å². The van der Waals surface area contributed by atoms with Gasteiger partial charge in [-0.1, -0.05) is 12.1 Å². The first-order chi connectivity index (χ1) is 17.8. The Morgan fingerprint density at radius 2 is 1.84 bits per heavy atom. The van der Waals surface area contributed by atoms with E-state index in [1.807, 2.05) is 37.3 Å². The summed E-state index contributed by atoms with van der Waals surface area (Å²) in [4.78, 5) is 2.28. The van der Waals surface area contributed by atoms with Gasteiger partial charge >= 0.3 is 0 Å². The van der Waals surface area contributed by atoms with Crippen LogP contribution in [-0.4, -0.2) is 52.1 Å². The highest BCUT2D eigenvalue weighted by atomic mass is 19.1. The third-order valence-electron chi connectivity index (χ3n) is 7.44. The van der Waals surface area contributed by atoms with Crippen molar-refractivity contribution in [3.63, 3.8) is 0 Å². The number of benzene rings is 3. The minimum atomic E-state index is -0.679. The molecule has 0 saturated carbocycles. The van der Waals surface area contributed by atoms with Crippen LogP contribution in [0, 0.1) is 18.7 Å². The van der Waals surface area contributed by atoms with Crippen molar-refractivity contribution >= 4 is 10.9 Å². The summed E-state index contributed by atoms with van der Waals surface area (Å²) in [5.74, 6) is 0.0132. The number of hydrogen-bond acceptors (Lipinski definition) is 4. The van der Waals surface area contributed by atoms with E-state index in [2.05, 4.69) is 16.4 Å². The summed E-state index contributed by atoms with van der Waals surface area (Å²) in [6.07, 6.45) is 0.904. The maximum atomic E-state index is 14.3. The van der Waals surface area contributed by atoms with Gasteiger partial charge in [0.15, 0.2) is 11.6 Å². The van der Waals surface area contributed by atoms with Crippen LogP contribution in [0.5, 0.6) is 17.2 Å². The van der Waals surface area contributed by atoms with Gasteiger partial charge in [0.1, 0.15) is 18.1 Å². The van der Waals surface area contributed by atoms with Gasteiger partial charge < -0.3 is 19.5 Å². The number of phenolic OH excluding ortho intramolecular Hbond substituents is 2. The van der Waals surface area contributed by atoms with Gasteiger partial charge in [-0.3, -0.25) is 9.29 Å². The quantitative estimate of drug-likeness (QED) is 0.296. The van der Waals surface area contributed by atoms with Gasteiger partial charge in [-0.25, -0.2) is 4.39 Å². The van der Waals surface area contributed by atoms with Crippen LogP contribution in [-0.2, 0) is 6.54 Å². The Kier molecular flexibility index (Phi) is 7.07. The molecule has 5 rings (SSSR count). The summed E-state index contributed by atoms with van der Waals surface area (Å²) >= 11 is 0. The predicted octanol–water partition coefficient (Wildman–Crippen LogP) is 6.27. The van der Waals surface area contributed by atoms with E-state index >= 15 is 0 Å². The van der Waals surface area contributed by atoms with Crippen molar-refractivity contribution in [1.82, 2.24) is 9.47 Å². The molecule has 1 aromatic heterocycles. The molecule has 1 aliphatic rings. The van der Waals surface area contributed by atoms with Crippen molar-refractivity contribution in [2.24, 2.45) is 5.92 Å². The van der Waals surface area contributed by atoms with E-state index in [0.29, 0.717) is 18.7 Å². The molecule has 5 nitrogen and oxygen atoms in total. The second-order valence-electron chi connectivity index (χ2n) is 10.0. The molecule has 2 N–H and O–H groups in total. The third kappa shape index (κ3) is 5.14. The summed E-state index contributed by atoms with van der Waals surface area (Å²) in [5.41, 5.74) is 4.35. The van der Waals surface area contributed by atoms with Crippen molar-refractivity contribution in [3.05, 3.63) is 77.6 Å². The standard InChI is InChI=1S/C30H32F2N2O3/c1-19(33-12-11-22(15-31)16-33)18-37-25-7-3-21(4-8-25)17-34-28-9-6-24(35)14-26(28)20(2)30(34)23-5-10-29(36)27(32)13-23/h3-10,13-14,19,22,35-36H,11-12,15-18H2,1-2H3/t19-,22-/m0/s1. The van der Waals surface area contributed by atoms with Gasteiger partial charge in [0.05, 0.1) is 12.4 Å². The molecule has 3 aromatic carbocycles. The zero-order chi connectivity index (χ0) is 26.1. The average molecular weight is 507 g/mol. The minimum absolute atomic E-state index is 0.141. The highest BCUT2D eigenvalue weighted by Gasteiger charge is 2.26. The number of aromatic hydroxyl groups is 2. The number of halogens is 2. The van der Waals surface area contributed by atoms with Crippen LogP contribution in [0.15, 0.2) is 60.7 Å². The molecule has 0 unspecified atom stereocenters. The van der Waals surface area contributed by atoms with Crippen LogP contribution < -0.4 is 4.74 Å². The van der Waals surface area contributed by atoms with Crippen molar-refractivity contribution in [2.75, 3.05) is 26.4 Å². The molecule has 0 spiro atoms. The van der Waals surface area contributed by atoms with E-state index < -0.39 is 11.6 Å². The zero-order valence-corrected chi connectivity index (χ0v) is 21.1. The SMILES string of the molecule is Cc1c(-c2ccc(O)c(F)c2)n(Cc2ccc(OC[C@H](C)N3CC[C@@H](CF)C3)cc2)c2ccc(O)cc12. The molecule has 0 bridgehead atoms. The van der Waals surface area contributed by atoms with Crippen molar-refractivity contribution in [2.45, 2.75) is 32.9 Å². The fraction of sp³-hybridized carbons (Fsp3) is 0.333. The molecule has 0 radical (unpaired) electrons. The van der Waals surface area contributed by atoms with Gasteiger partial charge in [0, 0.05) is 41.5 Å². The van der Waals surface area contributed by atoms with Gasteiger partial charge in [0.25, 0.3) is 0 Å². The number of aryl methyl sites for hydroxylation is 1. The first kappa shape index (κ1) is 25.1. The van der Waals surface area contributed by atoms with Gasteiger partial charge in [-0.15, -0.1) is 0 Å². The third-order valence-corrected chi connectivity index (χ3v) is 7.44. The Hall–Kier alpha value is -3.58. The first-order valence-electron chi connectivity index (χ1n) is 12.7. The molecular formula is C30H32F2N2O3. The summed E-state index contributed by atoms with van der Waals surface area (Å²) in [6.45, 7) is 6.57. The predicted molar refractivity (Wildman–Crippen MR) is 142 cm³/mol. The molecular weight excluding hydrogens is 474 g/mol. The summed E-state index contributed by atoms with van der Waals surface area (Å²) in [6, 6.07) is 17.8. The normalized spacial score (nSPS) is 16.9. The molecule has 0 aliphatic carbocycles.